The maximum absolute atomic E-state index is 8.98. The zero-order valence-electron chi connectivity index (χ0n) is 4.21. The summed E-state index contributed by atoms with van der Waals surface area (Å²) in [6.45, 7) is 0. The van der Waals surface area contributed by atoms with E-state index >= 15 is 0 Å². The summed E-state index contributed by atoms with van der Waals surface area (Å²) >= 11 is 2.99. The number of hydrogen-bond acceptors (Lipinski definition) is 1. The van der Waals surface area contributed by atoms with E-state index in [9.17, 15) is 0 Å². The molecule has 0 bridgehead atoms. The molecule has 10 heteroatoms. The number of hydrogen-bond donors (Lipinski definition) is 2. The molecule has 68 valence electrons. The molecule has 7 nitrogen and oxygen atoms in total. The molecule has 0 spiro atoms. The van der Waals surface area contributed by atoms with Gasteiger partial charge in [0.2, 0.25) is 10.1 Å². The van der Waals surface area contributed by atoms with E-state index in [1.165, 1.54) is 0 Å². The van der Waals surface area contributed by atoms with Gasteiger partial charge in [0.1, 0.15) is 0 Å². The van der Waals surface area contributed by atoms with Gasteiger partial charge >= 0.3 is 29.6 Å². The van der Waals surface area contributed by atoms with E-state index in [2.05, 4.69) is 11.7 Å². The Hall–Kier alpha value is 1.26. The Morgan fingerprint density at radius 2 is 1.00 bits per heavy atom. The fraction of sp³-hybridized carbons (Fsp3) is 0. The summed E-state index contributed by atoms with van der Waals surface area (Å²) in [5.74, 6) is 0. The Labute approximate surface area is 87.1 Å². The van der Waals surface area contributed by atoms with Crippen molar-refractivity contribution in [2.45, 2.75) is 0 Å². The molecule has 1 unspecified atom stereocenters. The van der Waals surface area contributed by atoms with Crippen molar-refractivity contribution in [2.24, 2.45) is 0 Å². The molecule has 10 heavy (non-hydrogen) atoms. The molecule has 0 aromatic rings. The van der Waals surface area contributed by atoms with Crippen LogP contribution in [0.5, 0.6) is 0 Å². The summed E-state index contributed by atoms with van der Waals surface area (Å²) < 4.78 is 16.4. The van der Waals surface area contributed by atoms with Gasteiger partial charge in [-0.3, -0.25) is 4.55 Å². The normalized spacial score (nSPS) is 6.20. The molecule has 0 amide bonds. The number of rotatable bonds is 0. The molecule has 0 fully saturated rings. The molecule has 0 saturated carbocycles. The van der Waals surface area contributed by atoms with Crippen LogP contribution in [-0.2, 0) is 10.1 Å². The predicted molar refractivity (Wildman–Crippen MR) is 45.0 cm³/mol. The van der Waals surface area contributed by atoms with E-state index in [1.54, 1.807) is 0 Å². The molecular weight excluding hydrogens is 199 g/mol. The molecule has 0 rings (SSSR count). The molecular formula is H13NaO7S2. The zero-order chi connectivity index (χ0) is 3.58. The summed E-state index contributed by atoms with van der Waals surface area (Å²) in [5.41, 5.74) is 0. The zero-order valence-corrected chi connectivity index (χ0v) is 5.92. The Bertz CT molecular complexity index is 34.6. The van der Waals surface area contributed by atoms with Crippen LogP contribution in [0.25, 0.3) is 0 Å². The van der Waals surface area contributed by atoms with Crippen LogP contribution in [0.3, 0.4) is 0 Å². The van der Waals surface area contributed by atoms with Gasteiger partial charge in [-0.15, -0.1) is 0 Å². The summed E-state index contributed by atoms with van der Waals surface area (Å²) in [5, 5.41) is 0. The molecule has 0 aromatic carbocycles. The van der Waals surface area contributed by atoms with Crippen molar-refractivity contribution in [3.63, 3.8) is 0 Å². The second-order valence-electron chi connectivity index (χ2n) is 0.231. The molecule has 0 aliphatic carbocycles. The minimum atomic E-state index is -1.92. The maximum atomic E-state index is 8.98. The van der Waals surface area contributed by atoms with Gasteiger partial charge in [-0.25, -0.2) is 4.21 Å². The number of thiol groups is 1. The standard InChI is InChI=1S/Na.H2O2S2.5H2O.H/c;1-4(2)3;;;;;;/h;(H2,1,2,3);5*1H2;. The van der Waals surface area contributed by atoms with Crippen molar-refractivity contribution in [1.82, 2.24) is 0 Å². The first-order valence-electron chi connectivity index (χ1n) is 0.532. The van der Waals surface area contributed by atoms with Crippen molar-refractivity contribution in [3.8, 4) is 0 Å². The van der Waals surface area contributed by atoms with E-state index < -0.39 is 10.1 Å². The van der Waals surface area contributed by atoms with Crippen LogP contribution in [0.15, 0.2) is 0 Å². The predicted octanol–water partition coefficient (Wildman–Crippen LogP) is -4.72. The van der Waals surface area contributed by atoms with Crippen LogP contribution in [0.4, 0.5) is 0 Å². The van der Waals surface area contributed by atoms with Crippen molar-refractivity contribution in [2.75, 3.05) is 0 Å². The van der Waals surface area contributed by atoms with Crippen LogP contribution in [-0.4, -0.2) is 65.7 Å². The van der Waals surface area contributed by atoms with E-state index in [0.29, 0.717) is 0 Å². The van der Waals surface area contributed by atoms with Crippen LogP contribution < -0.4 is 0 Å². The Morgan fingerprint density at radius 3 is 1.00 bits per heavy atom. The van der Waals surface area contributed by atoms with Gasteiger partial charge < -0.3 is 27.4 Å². The van der Waals surface area contributed by atoms with Crippen LogP contribution in [0.1, 0.15) is 0 Å². The molecule has 0 aliphatic heterocycles. The second-order valence-corrected chi connectivity index (χ2v) is 1.63. The second kappa shape index (κ2) is 48.5. The molecule has 0 heterocycles. The van der Waals surface area contributed by atoms with E-state index in [-0.39, 0.29) is 56.9 Å². The van der Waals surface area contributed by atoms with Crippen molar-refractivity contribution < 1.29 is 36.1 Å². The van der Waals surface area contributed by atoms with E-state index in [0.717, 1.165) is 0 Å². The average Bonchev–Trinajstić information content (AvgIpc) is 0.811. The first-order chi connectivity index (χ1) is 1.73. The summed E-state index contributed by atoms with van der Waals surface area (Å²) in [4.78, 5) is 0. The molecule has 0 aromatic heterocycles. The monoisotopic (exact) mass is 212 g/mol. The quantitative estimate of drug-likeness (QED) is 0.176. The SMILES string of the molecule is O.O.O.O.O.O=S(O)S.[NaH]. The fourth-order valence-electron chi connectivity index (χ4n) is 0. The van der Waals surface area contributed by atoms with Crippen molar-refractivity contribution >= 4 is 51.3 Å². The molecule has 0 saturated heterocycles. The third-order valence-corrected chi connectivity index (χ3v) is 0. The van der Waals surface area contributed by atoms with Gasteiger partial charge in [0.15, 0.2) is 0 Å². The van der Waals surface area contributed by atoms with Gasteiger partial charge in [-0.05, 0) is 11.7 Å². The van der Waals surface area contributed by atoms with Gasteiger partial charge in [-0.2, -0.15) is 0 Å². The fourth-order valence-corrected chi connectivity index (χ4v) is 0. The Kier molecular flexibility index (Phi) is 317. The Morgan fingerprint density at radius 1 is 1.00 bits per heavy atom. The first-order valence-corrected chi connectivity index (χ1v) is 2.69. The molecule has 0 aliphatic rings. The minimum absolute atomic E-state index is 0. The summed E-state index contributed by atoms with van der Waals surface area (Å²) in [7, 11) is -1.92. The topological polar surface area (TPSA) is 195 Å². The first kappa shape index (κ1) is 65.3. The van der Waals surface area contributed by atoms with Crippen LogP contribution >= 0.6 is 11.7 Å². The molecule has 11 N–H and O–H groups in total. The average molecular weight is 212 g/mol. The van der Waals surface area contributed by atoms with Gasteiger partial charge in [0.25, 0.3) is 0 Å². The third-order valence-electron chi connectivity index (χ3n) is 0. The van der Waals surface area contributed by atoms with Crippen LogP contribution in [0.2, 0.25) is 0 Å². The third kappa shape index (κ3) is 398. The van der Waals surface area contributed by atoms with E-state index in [1.807, 2.05) is 0 Å². The van der Waals surface area contributed by atoms with E-state index in [4.69, 9.17) is 8.76 Å². The summed E-state index contributed by atoms with van der Waals surface area (Å²) in [6.07, 6.45) is 0. The molecule has 1 atom stereocenters. The van der Waals surface area contributed by atoms with Crippen molar-refractivity contribution in [1.29, 1.82) is 0 Å². The summed E-state index contributed by atoms with van der Waals surface area (Å²) in [6, 6.07) is 0. The molecule has 0 radical (unpaired) electrons. The van der Waals surface area contributed by atoms with Gasteiger partial charge in [-0.1, -0.05) is 0 Å². The van der Waals surface area contributed by atoms with Crippen LogP contribution in [0, 0.1) is 0 Å². The van der Waals surface area contributed by atoms with Crippen molar-refractivity contribution in [3.05, 3.63) is 0 Å². The van der Waals surface area contributed by atoms with Gasteiger partial charge in [0.05, 0.1) is 0 Å². The van der Waals surface area contributed by atoms with Gasteiger partial charge in [0, 0.05) is 0 Å². The Balaban J connectivity index is -0.00000000300.